The fraction of sp³-hybridized carbons (Fsp3) is 0.931. The Labute approximate surface area is 201 Å². The molecular weight excluding hydrogens is 412 g/mol. The zero-order valence-corrected chi connectivity index (χ0v) is 22.1. The van der Waals surface area contributed by atoms with Crippen LogP contribution in [-0.2, 0) is 0 Å². The van der Waals surface area contributed by atoms with Crippen LogP contribution in [0.5, 0.6) is 0 Å². The lowest BCUT2D eigenvalue weighted by Crippen LogP contribution is -2.71. The van der Waals surface area contributed by atoms with Gasteiger partial charge in [-0.2, -0.15) is 0 Å². The van der Waals surface area contributed by atoms with Crippen LogP contribution in [0, 0.1) is 52.3 Å². The monoisotopic (exact) mass is 462 g/mol. The molecule has 0 aromatic heterocycles. The van der Waals surface area contributed by atoms with Crippen molar-refractivity contribution in [2.24, 2.45) is 52.3 Å². The zero-order chi connectivity index (χ0) is 24.5. The van der Waals surface area contributed by atoms with E-state index in [1.165, 1.54) is 12.0 Å². The predicted molar refractivity (Wildman–Crippen MR) is 132 cm³/mol. The Morgan fingerprint density at radius 1 is 0.970 bits per heavy atom. The highest BCUT2D eigenvalue weighted by Gasteiger charge is 2.69. The second-order valence-corrected chi connectivity index (χ2v) is 13.5. The van der Waals surface area contributed by atoms with Crippen LogP contribution in [-0.4, -0.2) is 44.3 Å². The average molecular weight is 463 g/mol. The summed E-state index contributed by atoms with van der Waals surface area (Å²) < 4.78 is 0. The number of fused-ring (bicyclic) bond motifs is 5. The Balaban J connectivity index is 1.63. The molecule has 12 atom stereocenters. The van der Waals surface area contributed by atoms with E-state index < -0.39 is 29.3 Å². The molecule has 0 heterocycles. The maximum Gasteiger partial charge on any atom is 0.0986 e. The van der Waals surface area contributed by atoms with Gasteiger partial charge >= 0.3 is 0 Å². The SMILES string of the molecule is CC(=C[C@@H](C)[C@H]1CC[C@H]2[C@@H]3C[C@@H](O)[C@@]4(O)C[C@@H](O)CC[C@]4(C)[C@H]3[C@H](O)C[C@]12C)[C@@H](C)C(C)C. The summed E-state index contributed by atoms with van der Waals surface area (Å²) in [5.41, 5.74) is -0.330. The van der Waals surface area contributed by atoms with Gasteiger partial charge < -0.3 is 20.4 Å². The molecule has 4 saturated carbocycles. The Morgan fingerprint density at radius 2 is 1.64 bits per heavy atom. The molecule has 4 heteroatoms. The van der Waals surface area contributed by atoms with E-state index in [9.17, 15) is 20.4 Å². The van der Waals surface area contributed by atoms with Gasteiger partial charge in [-0.25, -0.2) is 0 Å². The van der Waals surface area contributed by atoms with Gasteiger partial charge in [-0.1, -0.05) is 53.2 Å². The first kappa shape index (κ1) is 25.7. The standard InChI is InChI=1S/C29H50O4/c1-16(2)19(5)17(3)12-18(4)22-8-9-23-21-13-25(32)29(33)14-20(30)10-11-28(29,7)26(21)24(31)15-27(22,23)6/h12,16,18-26,30-33H,8-11,13-15H2,1-7H3/t18-,19+,20+,21+,22-,23+,24-,25-,26-,27-,28-,29+/m1/s1. The third kappa shape index (κ3) is 3.77. The summed E-state index contributed by atoms with van der Waals surface area (Å²) in [7, 11) is 0. The van der Waals surface area contributed by atoms with E-state index in [1.807, 2.05) is 0 Å². The van der Waals surface area contributed by atoms with Crippen molar-refractivity contribution in [3.05, 3.63) is 11.6 Å². The van der Waals surface area contributed by atoms with E-state index in [2.05, 4.69) is 54.5 Å². The van der Waals surface area contributed by atoms with E-state index in [1.54, 1.807) is 0 Å². The lowest BCUT2D eigenvalue weighted by molar-refractivity contribution is -0.282. The Bertz CT molecular complexity index is 763. The summed E-state index contributed by atoms with van der Waals surface area (Å²) in [5, 5.41) is 44.8. The van der Waals surface area contributed by atoms with Crippen molar-refractivity contribution < 1.29 is 20.4 Å². The van der Waals surface area contributed by atoms with E-state index in [0.29, 0.717) is 48.9 Å². The van der Waals surface area contributed by atoms with Gasteiger partial charge in [-0.3, -0.25) is 0 Å². The van der Waals surface area contributed by atoms with Gasteiger partial charge in [0.05, 0.1) is 23.9 Å². The van der Waals surface area contributed by atoms with Crippen molar-refractivity contribution >= 4 is 0 Å². The average Bonchev–Trinajstić information content (AvgIpc) is 3.06. The first-order valence-corrected chi connectivity index (χ1v) is 13.7. The minimum atomic E-state index is -1.31. The summed E-state index contributed by atoms with van der Waals surface area (Å²) in [6, 6.07) is 0. The Kier molecular flexibility index (Phi) is 6.69. The molecule has 0 aromatic rings. The molecule has 0 unspecified atom stereocenters. The third-order valence-electron chi connectivity index (χ3n) is 11.7. The molecule has 4 nitrogen and oxygen atoms in total. The number of allylic oxidation sites excluding steroid dienone is 2. The summed E-state index contributed by atoms with van der Waals surface area (Å²) in [6.45, 7) is 16.0. The van der Waals surface area contributed by atoms with Gasteiger partial charge in [0, 0.05) is 11.8 Å². The fourth-order valence-corrected chi connectivity index (χ4v) is 9.49. The topological polar surface area (TPSA) is 80.9 Å². The number of rotatable bonds is 4. The lowest BCUT2D eigenvalue weighted by Gasteiger charge is -2.66. The van der Waals surface area contributed by atoms with Crippen LogP contribution in [0.2, 0.25) is 0 Å². The predicted octanol–water partition coefficient (Wildman–Crippen LogP) is 4.94. The number of hydrogen-bond acceptors (Lipinski definition) is 4. The molecule has 4 rings (SSSR count). The highest BCUT2D eigenvalue weighted by molar-refractivity contribution is 5.20. The number of aliphatic hydroxyl groups is 4. The molecule has 4 aliphatic rings. The Morgan fingerprint density at radius 3 is 2.27 bits per heavy atom. The molecule has 0 saturated heterocycles. The maximum atomic E-state index is 11.7. The first-order valence-electron chi connectivity index (χ1n) is 13.7. The van der Waals surface area contributed by atoms with Crippen molar-refractivity contribution in [1.82, 2.24) is 0 Å². The van der Waals surface area contributed by atoms with E-state index >= 15 is 0 Å². The van der Waals surface area contributed by atoms with Gasteiger partial charge in [0.25, 0.3) is 0 Å². The summed E-state index contributed by atoms with van der Waals surface area (Å²) >= 11 is 0. The quantitative estimate of drug-likeness (QED) is 0.446. The smallest absolute Gasteiger partial charge is 0.0986 e. The summed E-state index contributed by atoms with van der Waals surface area (Å²) in [6.07, 6.45) is 5.80. The van der Waals surface area contributed by atoms with Crippen LogP contribution in [0.15, 0.2) is 11.6 Å². The normalized spacial score (nSPS) is 52.1. The van der Waals surface area contributed by atoms with Gasteiger partial charge in [-0.15, -0.1) is 0 Å². The molecule has 0 bridgehead atoms. The highest BCUT2D eigenvalue weighted by atomic mass is 16.3. The molecule has 4 N–H and O–H groups in total. The first-order chi connectivity index (χ1) is 15.3. The van der Waals surface area contributed by atoms with Crippen molar-refractivity contribution in [3.63, 3.8) is 0 Å². The molecule has 190 valence electrons. The van der Waals surface area contributed by atoms with Gasteiger partial charge in [0.15, 0.2) is 0 Å². The second kappa shape index (κ2) is 8.61. The largest absolute Gasteiger partial charge is 0.393 e. The summed E-state index contributed by atoms with van der Waals surface area (Å²) in [4.78, 5) is 0. The van der Waals surface area contributed by atoms with Crippen LogP contribution in [0.25, 0.3) is 0 Å². The second-order valence-electron chi connectivity index (χ2n) is 13.5. The van der Waals surface area contributed by atoms with Crippen molar-refractivity contribution in [2.75, 3.05) is 0 Å². The third-order valence-corrected chi connectivity index (χ3v) is 11.7. The molecule has 4 aliphatic carbocycles. The van der Waals surface area contributed by atoms with E-state index in [4.69, 9.17) is 0 Å². The van der Waals surface area contributed by atoms with Gasteiger partial charge in [0.2, 0.25) is 0 Å². The zero-order valence-electron chi connectivity index (χ0n) is 22.1. The van der Waals surface area contributed by atoms with E-state index in [0.717, 1.165) is 12.8 Å². The van der Waals surface area contributed by atoms with Gasteiger partial charge in [-0.05, 0) is 92.3 Å². The van der Waals surface area contributed by atoms with Crippen LogP contribution in [0.3, 0.4) is 0 Å². The number of aliphatic hydroxyl groups excluding tert-OH is 3. The molecule has 0 aromatic carbocycles. The number of hydrogen-bond donors (Lipinski definition) is 4. The minimum absolute atomic E-state index is 0.0104. The van der Waals surface area contributed by atoms with Crippen molar-refractivity contribution in [1.29, 1.82) is 0 Å². The minimum Gasteiger partial charge on any atom is -0.393 e. The Hall–Kier alpha value is -0.420. The van der Waals surface area contributed by atoms with Crippen LogP contribution >= 0.6 is 0 Å². The molecule has 0 amide bonds. The highest BCUT2D eigenvalue weighted by Crippen LogP contribution is 2.69. The van der Waals surface area contributed by atoms with Crippen LogP contribution in [0.4, 0.5) is 0 Å². The molecule has 0 aliphatic heterocycles. The van der Waals surface area contributed by atoms with Gasteiger partial charge in [0.1, 0.15) is 0 Å². The van der Waals surface area contributed by atoms with Crippen LogP contribution in [0.1, 0.15) is 93.4 Å². The molecule has 0 spiro atoms. The molecule has 33 heavy (non-hydrogen) atoms. The summed E-state index contributed by atoms with van der Waals surface area (Å²) in [5.74, 6) is 2.90. The lowest BCUT2D eigenvalue weighted by atomic mass is 9.41. The van der Waals surface area contributed by atoms with E-state index in [-0.39, 0.29) is 23.7 Å². The maximum absolute atomic E-state index is 11.7. The van der Waals surface area contributed by atoms with Crippen molar-refractivity contribution in [2.45, 2.75) is 117 Å². The molecule has 0 radical (unpaired) electrons. The molecular formula is C29H50O4. The molecule has 4 fully saturated rings. The van der Waals surface area contributed by atoms with Crippen LogP contribution < -0.4 is 0 Å². The fourth-order valence-electron chi connectivity index (χ4n) is 9.49. The van der Waals surface area contributed by atoms with Crippen molar-refractivity contribution in [3.8, 4) is 0 Å².